The van der Waals surface area contributed by atoms with E-state index in [1.54, 1.807) is 0 Å². The van der Waals surface area contributed by atoms with Crippen molar-refractivity contribution in [2.45, 2.75) is 101 Å². The second kappa shape index (κ2) is 14.7. The lowest BCUT2D eigenvalue weighted by molar-refractivity contribution is 0.282. The quantitative estimate of drug-likeness (QED) is 0.231. The first-order valence-corrected chi connectivity index (χ1v) is 15.4. The van der Waals surface area contributed by atoms with Gasteiger partial charge >= 0.3 is 0 Å². The van der Waals surface area contributed by atoms with E-state index in [2.05, 4.69) is 130 Å². The average molecular weight is 565 g/mol. The fourth-order valence-electron chi connectivity index (χ4n) is 5.85. The highest BCUT2D eigenvalue weighted by atomic mass is 16.5. The van der Waals surface area contributed by atoms with E-state index < -0.39 is 0 Å². The van der Waals surface area contributed by atoms with E-state index in [1.807, 2.05) is 12.1 Å². The molecule has 0 aromatic heterocycles. The summed E-state index contributed by atoms with van der Waals surface area (Å²) in [4.78, 5) is 0. The lowest BCUT2D eigenvalue weighted by atomic mass is 9.80. The second-order valence-corrected chi connectivity index (χ2v) is 13.6. The largest absolute Gasteiger partial charge is 0.488 e. The molecular formula is C40H52O2. The summed E-state index contributed by atoms with van der Waals surface area (Å²) in [5.41, 5.74) is 14.1. The zero-order valence-corrected chi connectivity index (χ0v) is 27.7. The molecule has 2 nitrogen and oxygen atoms in total. The topological polar surface area (TPSA) is 29.5 Å². The van der Waals surface area contributed by atoms with E-state index in [9.17, 15) is 5.11 Å². The molecule has 0 aliphatic rings. The third-order valence-electron chi connectivity index (χ3n) is 7.29. The van der Waals surface area contributed by atoms with Crippen LogP contribution in [0.2, 0.25) is 0 Å². The van der Waals surface area contributed by atoms with Crippen molar-refractivity contribution in [3.05, 3.63) is 134 Å². The molecule has 0 atom stereocenters. The van der Waals surface area contributed by atoms with Crippen molar-refractivity contribution in [2.75, 3.05) is 0 Å². The maximum absolute atomic E-state index is 9.23. The van der Waals surface area contributed by atoms with E-state index in [4.69, 9.17) is 4.74 Å². The van der Waals surface area contributed by atoms with Gasteiger partial charge in [-0.1, -0.05) is 114 Å². The van der Waals surface area contributed by atoms with E-state index in [0.29, 0.717) is 6.61 Å². The first-order chi connectivity index (χ1) is 19.8. The van der Waals surface area contributed by atoms with Gasteiger partial charge in [-0.15, -0.1) is 0 Å². The summed E-state index contributed by atoms with van der Waals surface area (Å²) in [6.07, 6.45) is 1.81. The lowest BCUT2D eigenvalue weighted by Crippen LogP contribution is -2.15. The molecule has 0 bridgehead atoms. The summed E-state index contributed by atoms with van der Waals surface area (Å²) in [6, 6.07) is 26.1. The highest BCUT2D eigenvalue weighted by Crippen LogP contribution is 2.32. The first-order valence-electron chi connectivity index (χ1n) is 15.4. The predicted octanol–water partition coefficient (Wildman–Crippen LogP) is 10.1. The van der Waals surface area contributed by atoms with Gasteiger partial charge in [0.05, 0.1) is 6.61 Å². The molecule has 0 unspecified atom stereocenters. The number of rotatable bonds is 8. The molecule has 0 spiro atoms. The fraction of sp³-hybridized carbons (Fsp3) is 0.400. The van der Waals surface area contributed by atoms with Crippen molar-refractivity contribution in [1.29, 1.82) is 0 Å². The van der Waals surface area contributed by atoms with Crippen LogP contribution in [0.1, 0.15) is 103 Å². The van der Waals surface area contributed by atoms with Crippen molar-refractivity contribution >= 4 is 0 Å². The molecule has 42 heavy (non-hydrogen) atoms. The van der Waals surface area contributed by atoms with Crippen molar-refractivity contribution in [1.82, 2.24) is 0 Å². The molecule has 4 aromatic rings. The maximum Gasteiger partial charge on any atom is 0.125 e. The van der Waals surface area contributed by atoms with Crippen molar-refractivity contribution in [3.8, 4) is 5.75 Å². The van der Waals surface area contributed by atoms with Crippen LogP contribution in [0.3, 0.4) is 0 Å². The SMILES string of the molecule is CC(C)C.Cc1cc(Cc2cc(C)c(C(C)(C)C)c(C)c2)cc(C)c1OCc1ccc(Cc2ccc(CO)cc2)cc1. The Hall–Kier alpha value is -3.36. The van der Waals surface area contributed by atoms with E-state index in [-0.39, 0.29) is 12.0 Å². The van der Waals surface area contributed by atoms with E-state index in [1.165, 1.54) is 50.1 Å². The average Bonchev–Trinajstić information content (AvgIpc) is 2.88. The third kappa shape index (κ3) is 9.60. The minimum Gasteiger partial charge on any atom is -0.488 e. The number of ether oxygens (including phenoxy) is 1. The molecule has 4 aromatic carbocycles. The van der Waals surface area contributed by atoms with Gasteiger partial charge in [-0.3, -0.25) is 0 Å². The molecule has 0 amide bonds. The van der Waals surface area contributed by atoms with Crippen LogP contribution in [-0.4, -0.2) is 5.11 Å². The van der Waals surface area contributed by atoms with Crippen LogP contribution in [0.25, 0.3) is 0 Å². The van der Waals surface area contributed by atoms with E-state index >= 15 is 0 Å². The lowest BCUT2D eigenvalue weighted by Gasteiger charge is -2.25. The fourth-order valence-corrected chi connectivity index (χ4v) is 5.85. The minimum atomic E-state index is 0.0848. The molecule has 0 saturated heterocycles. The maximum atomic E-state index is 9.23. The summed E-state index contributed by atoms with van der Waals surface area (Å²) >= 11 is 0. The molecule has 0 saturated carbocycles. The van der Waals surface area contributed by atoms with Gasteiger partial charge in [0.15, 0.2) is 0 Å². The molecule has 224 valence electrons. The number of benzene rings is 4. The molecule has 0 radical (unpaired) electrons. The zero-order valence-electron chi connectivity index (χ0n) is 27.7. The van der Waals surface area contributed by atoms with Crippen LogP contribution in [0.15, 0.2) is 72.8 Å². The number of aliphatic hydroxyl groups excluding tert-OH is 1. The summed E-state index contributed by atoms with van der Waals surface area (Å²) < 4.78 is 6.31. The zero-order chi connectivity index (χ0) is 31.0. The molecule has 1 N–H and O–H groups in total. The Balaban J connectivity index is 0.00000114. The Labute approximate surface area is 255 Å². The molecule has 2 heteroatoms. The highest BCUT2D eigenvalue weighted by molar-refractivity contribution is 5.47. The van der Waals surface area contributed by atoms with Gasteiger partial charge in [0, 0.05) is 0 Å². The Kier molecular flexibility index (Phi) is 11.6. The van der Waals surface area contributed by atoms with Gasteiger partial charge < -0.3 is 9.84 Å². The standard InChI is InChI=1S/C36H42O2.C4H10/c1-24-16-32(17-25(2)34(24)36(5,6)7)21-33-18-26(3)35(27(4)19-33)38-23-31-14-10-29(11-15-31)20-28-8-12-30(22-37)13-9-28;1-4(2)3/h8-19,37H,20-23H2,1-7H3;4H,1-3H3. The number of hydrogen-bond donors (Lipinski definition) is 1. The summed E-state index contributed by atoms with van der Waals surface area (Å²) in [5, 5.41) is 9.23. The van der Waals surface area contributed by atoms with Crippen molar-refractivity contribution in [3.63, 3.8) is 0 Å². The van der Waals surface area contributed by atoms with Crippen molar-refractivity contribution < 1.29 is 9.84 Å². The summed E-state index contributed by atoms with van der Waals surface area (Å²) in [6.45, 7) is 22.8. The Morgan fingerprint density at radius 2 is 0.929 bits per heavy atom. The first kappa shape index (κ1) is 33.1. The number of hydrogen-bond acceptors (Lipinski definition) is 2. The summed E-state index contributed by atoms with van der Waals surface area (Å²) in [5.74, 6) is 1.82. The molecule has 4 rings (SSSR count). The van der Waals surface area contributed by atoms with E-state index in [0.717, 1.165) is 35.6 Å². The Morgan fingerprint density at radius 1 is 0.571 bits per heavy atom. The minimum absolute atomic E-state index is 0.0848. The Bertz CT molecular complexity index is 1390. The molecule has 0 heterocycles. The van der Waals surface area contributed by atoms with Gasteiger partial charge in [-0.2, -0.15) is 0 Å². The van der Waals surface area contributed by atoms with Crippen LogP contribution in [0, 0.1) is 33.6 Å². The number of aryl methyl sites for hydroxylation is 4. The highest BCUT2D eigenvalue weighted by Gasteiger charge is 2.19. The Morgan fingerprint density at radius 3 is 1.33 bits per heavy atom. The number of aliphatic hydroxyl groups is 1. The van der Waals surface area contributed by atoms with Gasteiger partial charge in [-0.25, -0.2) is 0 Å². The van der Waals surface area contributed by atoms with Gasteiger partial charge in [0.25, 0.3) is 0 Å². The van der Waals surface area contributed by atoms with Gasteiger partial charge in [0.1, 0.15) is 12.4 Å². The third-order valence-corrected chi connectivity index (χ3v) is 7.29. The molecule has 0 fully saturated rings. The smallest absolute Gasteiger partial charge is 0.125 e. The predicted molar refractivity (Wildman–Crippen MR) is 180 cm³/mol. The van der Waals surface area contributed by atoms with Crippen LogP contribution in [-0.2, 0) is 31.5 Å². The van der Waals surface area contributed by atoms with Crippen LogP contribution in [0.4, 0.5) is 0 Å². The van der Waals surface area contributed by atoms with Crippen LogP contribution < -0.4 is 4.74 Å². The summed E-state index contributed by atoms with van der Waals surface area (Å²) in [7, 11) is 0. The molecular weight excluding hydrogens is 512 g/mol. The second-order valence-electron chi connectivity index (χ2n) is 13.6. The van der Waals surface area contributed by atoms with Crippen LogP contribution in [0.5, 0.6) is 5.75 Å². The molecule has 0 aliphatic carbocycles. The van der Waals surface area contributed by atoms with Crippen molar-refractivity contribution in [2.24, 2.45) is 5.92 Å². The monoisotopic (exact) mass is 564 g/mol. The van der Waals surface area contributed by atoms with Crippen LogP contribution >= 0.6 is 0 Å². The van der Waals surface area contributed by atoms with Gasteiger partial charge in [0.2, 0.25) is 0 Å². The van der Waals surface area contributed by atoms with Gasteiger partial charge in [-0.05, 0) is 113 Å². The molecule has 0 aliphatic heterocycles. The normalized spacial score (nSPS) is 11.3.